The molecule has 0 fully saturated rings. The number of hydrogen-bond acceptors (Lipinski definition) is 5. The van der Waals surface area contributed by atoms with Gasteiger partial charge in [-0.2, -0.15) is 0 Å². The minimum Gasteiger partial charge on any atom is -0.504 e. The van der Waals surface area contributed by atoms with Crippen LogP contribution in [0, 0.1) is 0 Å². The predicted octanol–water partition coefficient (Wildman–Crippen LogP) is 0.744. The molecule has 0 radical (unpaired) electrons. The van der Waals surface area contributed by atoms with Crippen LogP contribution >= 0.6 is 0 Å². The molecule has 1 aromatic heterocycles. The molecular weight excluding hydrogens is 200 g/mol. The van der Waals surface area contributed by atoms with Crippen LogP contribution in [0.15, 0.2) is 27.4 Å². The van der Waals surface area contributed by atoms with E-state index in [0.29, 0.717) is 5.56 Å². The number of ether oxygens (including phenoxy) is 1. The summed E-state index contributed by atoms with van der Waals surface area (Å²) in [7, 11) is 1.43. The van der Waals surface area contributed by atoms with Gasteiger partial charge in [-0.1, -0.05) is 0 Å². The number of rotatable bonds is 2. The van der Waals surface area contributed by atoms with Crippen LogP contribution in [0.1, 0.15) is 0 Å². The van der Waals surface area contributed by atoms with Crippen molar-refractivity contribution in [3.05, 3.63) is 28.7 Å². The van der Waals surface area contributed by atoms with Gasteiger partial charge in [-0.15, -0.1) is 5.10 Å². The molecule has 2 aromatic rings. The van der Waals surface area contributed by atoms with Crippen molar-refractivity contribution in [1.82, 2.24) is 10.2 Å². The Labute approximate surface area is 84.1 Å². The maximum Gasteiger partial charge on any atom is 0.434 e. The Balaban J connectivity index is 2.50. The first-order valence-corrected chi connectivity index (χ1v) is 4.13. The van der Waals surface area contributed by atoms with Crippen molar-refractivity contribution in [2.24, 2.45) is 0 Å². The van der Waals surface area contributed by atoms with Gasteiger partial charge in [0.15, 0.2) is 11.5 Å². The highest BCUT2D eigenvalue weighted by molar-refractivity contribution is 5.58. The number of aromatic nitrogens is 2. The molecule has 0 aliphatic heterocycles. The normalized spacial score (nSPS) is 10.2. The van der Waals surface area contributed by atoms with E-state index in [1.165, 1.54) is 19.2 Å². The highest BCUT2D eigenvalue weighted by atomic mass is 16.5. The minimum absolute atomic E-state index is 0.0131. The van der Waals surface area contributed by atoms with E-state index in [-0.39, 0.29) is 17.4 Å². The van der Waals surface area contributed by atoms with Gasteiger partial charge < -0.3 is 14.3 Å². The molecule has 2 rings (SSSR count). The highest BCUT2D eigenvalue weighted by Gasteiger charge is 2.08. The number of benzene rings is 1. The summed E-state index contributed by atoms with van der Waals surface area (Å²) in [5.41, 5.74) is 0.544. The Bertz CT molecular complexity index is 529. The molecule has 0 saturated heterocycles. The van der Waals surface area contributed by atoms with Crippen LogP contribution in [0.2, 0.25) is 0 Å². The Hall–Kier alpha value is -2.24. The number of methoxy groups -OCH3 is 1. The minimum atomic E-state index is -0.628. The Morgan fingerprint density at radius 2 is 2.33 bits per heavy atom. The van der Waals surface area contributed by atoms with Crippen molar-refractivity contribution >= 4 is 0 Å². The third-order valence-corrected chi connectivity index (χ3v) is 1.86. The van der Waals surface area contributed by atoms with Gasteiger partial charge in [0.2, 0.25) is 5.89 Å². The van der Waals surface area contributed by atoms with Crippen LogP contribution in [0.4, 0.5) is 0 Å². The molecule has 1 heterocycles. The molecule has 2 N–H and O–H groups in total. The van der Waals surface area contributed by atoms with Gasteiger partial charge in [0, 0.05) is 5.56 Å². The molecule has 0 atom stereocenters. The fraction of sp³-hybridized carbons (Fsp3) is 0.111. The second-order valence-corrected chi connectivity index (χ2v) is 2.80. The average molecular weight is 208 g/mol. The molecule has 0 unspecified atom stereocenters. The van der Waals surface area contributed by atoms with E-state index in [1.807, 2.05) is 0 Å². The third kappa shape index (κ3) is 1.69. The number of H-pyrrole nitrogens is 1. The van der Waals surface area contributed by atoms with E-state index in [1.54, 1.807) is 6.07 Å². The zero-order valence-electron chi connectivity index (χ0n) is 7.85. The lowest BCUT2D eigenvalue weighted by atomic mass is 10.2. The van der Waals surface area contributed by atoms with Gasteiger partial charge in [0.1, 0.15) is 0 Å². The van der Waals surface area contributed by atoms with Crippen LogP contribution in [0.5, 0.6) is 11.5 Å². The summed E-state index contributed by atoms with van der Waals surface area (Å²) in [4.78, 5) is 10.7. The van der Waals surface area contributed by atoms with Gasteiger partial charge in [-0.05, 0) is 18.2 Å². The molecule has 78 valence electrons. The number of aromatic amines is 1. The summed E-state index contributed by atoms with van der Waals surface area (Å²) in [5.74, 6) is -0.173. The molecule has 0 aliphatic carbocycles. The third-order valence-electron chi connectivity index (χ3n) is 1.86. The Kier molecular flexibility index (Phi) is 2.17. The molecule has 0 bridgehead atoms. The second kappa shape index (κ2) is 3.49. The summed E-state index contributed by atoms with van der Waals surface area (Å²) in [5, 5.41) is 15.1. The van der Waals surface area contributed by atoms with Gasteiger partial charge in [0.05, 0.1) is 7.11 Å². The molecule has 6 nitrogen and oxygen atoms in total. The fourth-order valence-electron chi connectivity index (χ4n) is 1.16. The second-order valence-electron chi connectivity index (χ2n) is 2.80. The van der Waals surface area contributed by atoms with Crippen molar-refractivity contribution in [2.75, 3.05) is 7.11 Å². The van der Waals surface area contributed by atoms with Crippen molar-refractivity contribution in [3.8, 4) is 23.0 Å². The van der Waals surface area contributed by atoms with Crippen LogP contribution in [0.25, 0.3) is 11.5 Å². The fourth-order valence-corrected chi connectivity index (χ4v) is 1.16. The predicted molar refractivity (Wildman–Crippen MR) is 50.8 cm³/mol. The summed E-state index contributed by atoms with van der Waals surface area (Å²) in [6.07, 6.45) is 0. The van der Waals surface area contributed by atoms with E-state index in [4.69, 9.17) is 9.15 Å². The van der Waals surface area contributed by atoms with Crippen LogP contribution < -0.4 is 10.5 Å². The maximum atomic E-state index is 10.7. The number of aromatic hydroxyl groups is 1. The standard InChI is InChI=1S/C9H8N2O4/c1-14-7-4-5(2-3-6(7)12)8-10-11-9(13)15-8/h2-4,12H,1H3,(H,11,13). The summed E-state index contributed by atoms with van der Waals surface area (Å²) in [6, 6.07) is 4.52. The molecule has 0 aliphatic rings. The van der Waals surface area contributed by atoms with E-state index < -0.39 is 5.76 Å². The lowest BCUT2D eigenvalue weighted by molar-refractivity contribution is 0.373. The molecule has 0 amide bonds. The molecule has 0 spiro atoms. The lowest BCUT2D eigenvalue weighted by Gasteiger charge is -2.03. The van der Waals surface area contributed by atoms with Crippen molar-refractivity contribution in [1.29, 1.82) is 0 Å². The zero-order valence-corrected chi connectivity index (χ0v) is 7.85. The van der Waals surface area contributed by atoms with E-state index in [2.05, 4.69) is 10.2 Å². The Morgan fingerprint density at radius 3 is 2.93 bits per heavy atom. The first kappa shape index (κ1) is 9.32. The molecule has 1 aromatic carbocycles. The smallest absolute Gasteiger partial charge is 0.434 e. The van der Waals surface area contributed by atoms with Crippen LogP contribution in [-0.2, 0) is 0 Å². The number of nitrogens with zero attached hydrogens (tertiary/aromatic N) is 1. The Morgan fingerprint density at radius 1 is 1.53 bits per heavy atom. The summed E-state index contributed by atoms with van der Waals surface area (Å²) < 4.78 is 9.66. The van der Waals surface area contributed by atoms with E-state index in [0.717, 1.165) is 0 Å². The quantitative estimate of drug-likeness (QED) is 0.760. The van der Waals surface area contributed by atoms with Crippen molar-refractivity contribution in [3.63, 3.8) is 0 Å². The summed E-state index contributed by atoms with van der Waals surface area (Å²) in [6.45, 7) is 0. The van der Waals surface area contributed by atoms with E-state index >= 15 is 0 Å². The van der Waals surface area contributed by atoms with Crippen LogP contribution in [-0.4, -0.2) is 22.4 Å². The number of phenols is 1. The average Bonchev–Trinajstić information content (AvgIpc) is 2.66. The topological polar surface area (TPSA) is 88.4 Å². The number of hydrogen-bond donors (Lipinski definition) is 2. The highest BCUT2D eigenvalue weighted by Crippen LogP contribution is 2.29. The maximum absolute atomic E-state index is 10.7. The summed E-state index contributed by atoms with van der Waals surface area (Å²) >= 11 is 0. The van der Waals surface area contributed by atoms with Gasteiger partial charge in [-0.25, -0.2) is 9.89 Å². The van der Waals surface area contributed by atoms with Gasteiger partial charge in [0.25, 0.3) is 0 Å². The molecule has 15 heavy (non-hydrogen) atoms. The number of phenolic OH excluding ortho intramolecular Hbond substituents is 1. The van der Waals surface area contributed by atoms with Crippen LogP contribution in [0.3, 0.4) is 0 Å². The largest absolute Gasteiger partial charge is 0.504 e. The van der Waals surface area contributed by atoms with Gasteiger partial charge in [-0.3, -0.25) is 0 Å². The van der Waals surface area contributed by atoms with Crippen molar-refractivity contribution < 1.29 is 14.3 Å². The molecular formula is C9H8N2O4. The number of nitrogens with one attached hydrogen (secondary N) is 1. The van der Waals surface area contributed by atoms with Gasteiger partial charge >= 0.3 is 5.76 Å². The lowest BCUT2D eigenvalue weighted by Crippen LogP contribution is -1.93. The zero-order chi connectivity index (χ0) is 10.8. The van der Waals surface area contributed by atoms with Crippen molar-refractivity contribution in [2.45, 2.75) is 0 Å². The van der Waals surface area contributed by atoms with E-state index in [9.17, 15) is 9.90 Å². The monoisotopic (exact) mass is 208 g/mol. The SMILES string of the molecule is COc1cc(-c2n[nH]c(=O)o2)ccc1O. The molecule has 6 heteroatoms. The molecule has 0 saturated carbocycles. The first-order valence-electron chi connectivity index (χ1n) is 4.13. The first-order chi connectivity index (χ1) is 7.20.